The highest BCUT2D eigenvalue weighted by molar-refractivity contribution is 7.99. The van der Waals surface area contributed by atoms with E-state index in [0.29, 0.717) is 0 Å². The fraction of sp³-hybridized carbons (Fsp3) is 0.333. The first-order valence-electron chi connectivity index (χ1n) is 7.72. The van der Waals surface area contributed by atoms with E-state index in [0.717, 1.165) is 46.8 Å². The summed E-state index contributed by atoms with van der Waals surface area (Å²) in [6.45, 7) is 4.39. The topological polar surface area (TPSA) is 52.0 Å². The number of rotatable bonds is 7. The van der Waals surface area contributed by atoms with Crippen molar-refractivity contribution in [2.24, 2.45) is 0 Å². The van der Waals surface area contributed by atoms with Crippen LogP contribution in [0.3, 0.4) is 0 Å². The van der Waals surface area contributed by atoms with Crippen LogP contribution in [0.2, 0.25) is 0 Å². The van der Waals surface area contributed by atoms with Gasteiger partial charge in [0.05, 0.1) is 0 Å². The lowest BCUT2D eigenvalue weighted by molar-refractivity contribution is 1.10. The molecule has 0 heterocycles. The van der Waals surface area contributed by atoms with Crippen LogP contribution in [0.5, 0.6) is 0 Å². The fourth-order valence-corrected chi connectivity index (χ4v) is 4.22. The van der Waals surface area contributed by atoms with E-state index in [9.17, 15) is 0 Å². The Kier molecular flexibility index (Phi) is 6.52. The molecule has 0 aliphatic rings. The van der Waals surface area contributed by atoms with Crippen molar-refractivity contribution in [2.45, 2.75) is 36.5 Å². The van der Waals surface area contributed by atoms with Crippen molar-refractivity contribution in [1.29, 1.82) is 0 Å². The van der Waals surface area contributed by atoms with E-state index in [2.05, 4.69) is 26.0 Å². The standard InChI is InChI=1S/C18H24N2S2/c1-3-11-21-15-9-5-7-13(19)17(15)18-14(20)8-6-10-16(18)22-12-4-2/h5-10H,3-4,11-12,19-20H2,1-2H3. The number of hydrogen-bond acceptors (Lipinski definition) is 4. The summed E-state index contributed by atoms with van der Waals surface area (Å²) in [6, 6.07) is 12.3. The normalized spacial score (nSPS) is 10.8. The third kappa shape index (κ3) is 3.93. The van der Waals surface area contributed by atoms with E-state index < -0.39 is 0 Å². The SMILES string of the molecule is CCCSc1cccc(N)c1-c1c(N)cccc1SCCC. The van der Waals surface area contributed by atoms with Crippen LogP contribution in [0.15, 0.2) is 46.2 Å². The third-order valence-corrected chi connectivity index (χ3v) is 5.82. The molecule has 4 heteroatoms. The van der Waals surface area contributed by atoms with Gasteiger partial charge >= 0.3 is 0 Å². The second kappa shape index (κ2) is 8.39. The summed E-state index contributed by atoms with van der Waals surface area (Å²) >= 11 is 3.70. The quantitative estimate of drug-likeness (QED) is 0.517. The minimum atomic E-state index is 0.803. The summed E-state index contributed by atoms with van der Waals surface area (Å²) < 4.78 is 0. The van der Waals surface area contributed by atoms with Gasteiger partial charge in [-0.2, -0.15) is 0 Å². The highest BCUT2D eigenvalue weighted by atomic mass is 32.2. The number of thioether (sulfide) groups is 2. The van der Waals surface area contributed by atoms with E-state index in [-0.39, 0.29) is 0 Å². The Morgan fingerprint density at radius 1 is 0.727 bits per heavy atom. The molecule has 0 spiro atoms. The van der Waals surface area contributed by atoms with Crippen molar-refractivity contribution in [2.75, 3.05) is 23.0 Å². The van der Waals surface area contributed by atoms with Crippen LogP contribution < -0.4 is 11.5 Å². The number of hydrogen-bond donors (Lipinski definition) is 2. The number of anilines is 2. The molecule has 0 aromatic heterocycles. The molecule has 0 amide bonds. The average molecular weight is 333 g/mol. The molecule has 118 valence electrons. The van der Waals surface area contributed by atoms with E-state index in [1.54, 1.807) is 0 Å². The molecule has 2 nitrogen and oxygen atoms in total. The van der Waals surface area contributed by atoms with Crippen LogP contribution in [-0.4, -0.2) is 11.5 Å². The molecule has 2 aromatic carbocycles. The van der Waals surface area contributed by atoms with Gasteiger partial charge in [0, 0.05) is 32.3 Å². The monoisotopic (exact) mass is 332 g/mol. The zero-order valence-electron chi connectivity index (χ0n) is 13.3. The Morgan fingerprint density at radius 3 is 1.50 bits per heavy atom. The minimum absolute atomic E-state index is 0.803. The Bertz CT molecular complexity index is 571. The van der Waals surface area contributed by atoms with E-state index in [1.165, 1.54) is 9.79 Å². The summed E-state index contributed by atoms with van der Waals surface area (Å²) in [5.74, 6) is 2.17. The van der Waals surface area contributed by atoms with Gasteiger partial charge in [0.15, 0.2) is 0 Å². The van der Waals surface area contributed by atoms with Crippen LogP contribution in [0.25, 0.3) is 11.1 Å². The van der Waals surface area contributed by atoms with Gasteiger partial charge in [0.25, 0.3) is 0 Å². The largest absolute Gasteiger partial charge is 0.398 e. The van der Waals surface area contributed by atoms with Crippen molar-refractivity contribution in [3.8, 4) is 11.1 Å². The van der Waals surface area contributed by atoms with Crippen LogP contribution in [0.4, 0.5) is 11.4 Å². The fourth-order valence-electron chi connectivity index (χ4n) is 2.30. The summed E-state index contributed by atoms with van der Waals surface area (Å²) in [5.41, 5.74) is 16.4. The summed E-state index contributed by atoms with van der Waals surface area (Å²) in [5, 5.41) is 0. The van der Waals surface area contributed by atoms with Crippen LogP contribution >= 0.6 is 23.5 Å². The molecule has 0 saturated heterocycles. The van der Waals surface area contributed by atoms with Crippen molar-refractivity contribution in [3.05, 3.63) is 36.4 Å². The zero-order chi connectivity index (χ0) is 15.9. The second-order valence-corrected chi connectivity index (χ2v) is 7.41. The van der Waals surface area contributed by atoms with Gasteiger partial charge in [-0.25, -0.2) is 0 Å². The lowest BCUT2D eigenvalue weighted by Gasteiger charge is -2.17. The Balaban J connectivity index is 2.55. The Labute approximate surface area is 142 Å². The van der Waals surface area contributed by atoms with Crippen molar-refractivity contribution in [3.63, 3.8) is 0 Å². The summed E-state index contributed by atoms with van der Waals surface area (Å²) in [4.78, 5) is 2.44. The molecule has 2 rings (SSSR count). The summed E-state index contributed by atoms with van der Waals surface area (Å²) in [7, 11) is 0. The van der Waals surface area contributed by atoms with Crippen LogP contribution in [0.1, 0.15) is 26.7 Å². The molecular weight excluding hydrogens is 308 g/mol. The lowest BCUT2D eigenvalue weighted by atomic mass is 10.0. The minimum Gasteiger partial charge on any atom is -0.398 e. The second-order valence-electron chi connectivity index (χ2n) is 5.14. The third-order valence-electron chi connectivity index (χ3n) is 3.29. The van der Waals surface area contributed by atoms with Gasteiger partial charge in [0.1, 0.15) is 0 Å². The smallest absolute Gasteiger partial charge is 0.0406 e. The average Bonchev–Trinajstić information content (AvgIpc) is 2.52. The molecule has 0 saturated carbocycles. The molecule has 0 radical (unpaired) electrons. The first-order valence-corrected chi connectivity index (χ1v) is 9.69. The molecule has 22 heavy (non-hydrogen) atoms. The van der Waals surface area contributed by atoms with Gasteiger partial charge in [-0.3, -0.25) is 0 Å². The van der Waals surface area contributed by atoms with Gasteiger partial charge in [-0.15, -0.1) is 23.5 Å². The molecule has 0 bridgehead atoms. The summed E-state index contributed by atoms with van der Waals surface area (Å²) in [6.07, 6.45) is 2.28. The predicted octanol–water partition coefficient (Wildman–Crippen LogP) is 5.52. The van der Waals surface area contributed by atoms with Crippen LogP contribution in [-0.2, 0) is 0 Å². The Morgan fingerprint density at radius 2 is 1.14 bits per heavy atom. The first kappa shape index (κ1) is 17.1. The Hall–Kier alpha value is -1.26. The predicted molar refractivity (Wildman–Crippen MR) is 103 cm³/mol. The van der Waals surface area contributed by atoms with Crippen molar-refractivity contribution in [1.82, 2.24) is 0 Å². The van der Waals surface area contributed by atoms with Gasteiger partial charge in [0.2, 0.25) is 0 Å². The maximum absolute atomic E-state index is 6.31. The molecule has 4 N–H and O–H groups in total. The first-order chi connectivity index (χ1) is 10.7. The van der Waals surface area contributed by atoms with E-state index in [4.69, 9.17) is 11.5 Å². The van der Waals surface area contributed by atoms with Crippen LogP contribution in [0, 0.1) is 0 Å². The molecule has 0 atom stereocenters. The molecule has 0 fully saturated rings. The zero-order valence-corrected chi connectivity index (χ0v) is 14.9. The van der Waals surface area contributed by atoms with E-state index >= 15 is 0 Å². The van der Waals surface area contributed by atoms with Gasteiger partial charge in [-0.05, 0) is 48.6 Å². The molecule has 0 unspecified atom stereocenters. The number of benzene rings is 2. The maximum Gasteiger partial charge on any atom is 0.0406 e. The number of nitrogen functional groups attached to an aromatic ring is 2. The molecule has 0 aliphatic heterocycles. The van der Waals surface area contributed by atoms with E-state index in [1.807, 2.05) is 47.8 Å². The van der Waals surface area contributed by atoms with Crippen molar-refractivity contribution >= 4 is 34.9 Å². The highest BCUT2D eigenvalue weighted by Crippen LogP contribution is 2.43. The number of nitrogens with two attached hydrogens (primary N) is 2. The maximum atomic E-state index is 6.31. The molecule has 0 aliphatic carbocycles. The highest BCUT2D eigenvalue weighted by Gasteiger charge is 2.16. The van der Waals surface area contributed by atoms with Gasteiger partial charge < -0.3 is 11.5 Å². The molecular formula is C18H24N2S2. The molecule has 2 aromatic rings. The van der Waals surface area contributed by atoms with Crippen molar-refractivity contribution < 1.29 is 0 Å². The van der Waals surface area contributed by atoms with Gasteiger partial charge in [-0.1, -0.05) is 26.0 Å². The lowest BCUT2D eigenvalue weighted by Crippen LogP contribution is -1.98.